The summed E-state index contributed by atoms with van der Waals surface area (Å²) < 4.78 is 0. The van der Waals surface area contributed by atoms with Crippen molar-refractivity contribution in [2.75, 3.05) is 19.6 Å². The van der Waals surface area contributed by atoms with Crippen LogP contribution >= 0.6 is 0 Å². The Labute approximate surface area is 129 Å². The molecule has 2 aliphatic rings. The molecule has 2 fully saturated rings. The van der Waals surface area contributed by atoms with Crippen LogP contribution in [0.5, 0.6) is 0 Å². The smallest absolute Gasteiger partial charge is 0.222 e. The molecular formula is C16H22N4O2. The monoisotopic (exact) mass is 302 g/mol. The first-order chi connectivity index (χ1) is 10.7. The first kappa shape index (κ1) is 15.1. The van der Waals surface area contributed by atoms with Gasteiger partial charge in [-0.1, -0.05) is 6.07 Å². The number of ketones is 1. The topological polar surface area (TPSA) is 97.1 Å². The van der Waals surface area contributed by atoms with Gasteiger partial charge in [-0.2, -0.15) is 0 Å². The van der Waals surface area contributed by atoms with Crippen LogP contribution in [0.15, 0.2) is 24.4 Å². The van der Waals surface area contributed by atoms with Gasteiger partial charge < -0.3 is 16.4 Å². The highest BCUT2D eigenvalue weighted by Gasteiger charge is 2.40. The Hall–Kier alpha value is -1.79. The van der Waals surface area contributed by atoms with Crippen molar-refractivity contribution in [2.24, 2.45) is 23.5 Å². The number of nitrogens with zero attached hydrogens (tertiary/aromatic N) is 1. The van der Waals surface area contributed by atoms with Crippen molar-refractivity contribution in [2.45, 2.75) is 18.9 Å². The van der Waals surface area contributed by atoms with E-state index in [0.717, 1.165) is 25.1 Å². The van der Waals surface area contributed by atoms with Gasteiger partial charge in [0.15, 0.2) is 0 Å². The zero-order valence-electron chi connectivity index (χ0n) is 12.5. The van der Waals surface area contributed by atoms with Gasteiger partial charge in [-0.05, 0) is 31.5 Å². The molecule has 4 unspecified atom stereocenters. The number of aromatic nitrogens is 1. The number of amides is 1. The second-order valence-corrected chi connectivity index (χ2v) is 6.16. The zero-order valence-corrected chi connectivity index (χ0v) is 12.5. The van der Waals surface area contributed by atoms with Crippen LogP contribution in [0.1, 0.15) is 24.6 Å². The average Bonchev–Trinajstić information content (AvgIpc) is 3.05. The molecule has 6 heteroatoms. The van der Waals surface area contributed by atoms with Crippen LogP contribution in [-0.2, 0) is 9.59 Å². The van der Waals surface area contributed by atoms with Crippen LogP contribution in [0.2, 0.25) is 0 Å². The molecule has 4 atom stereocenters. The third-order valence-electron chi connectivity index (χ3n) is 4.80. The maximum Gasteiger partial charge on any atom is 0.222 e. The lowest BCUT2D eigenvalue weighted by Gasteiger charge is -2.31. The number of rotatable bonds is 4. The number of carbonyl (C=O) groups is 2. The Bertz CT molecular complexity index is 548. The number of carbonyl (C=O) groups excluding carboxylic acids is 2. The Morgan fingerprint density at radius 1 is 1.23 bits per heavy atom. The van der Waals surface area contributed by atoms with Gasteiger partial charge in [0, 0.05) is 31.1 Å². The number of hydrogen-bond acceptors (Lipinski definition) is 5. The fraction of sp³-hybridized carbons (Fsp3) is 0.562. The minimum atomic E-state index is -0.376. The van der Waals surface area contributed by atoms with E-state index in [9.17, 15) is 9.59 Å². The maximum atomic E-state index is 12.8. The molecule has 2 saturated heterocycles. The first-order valence-corrected chi connectivity index (χ1v) is 7.85. The number of pyridine rings is 1. The van der Waals surface area contributed by atoms with Crippen molar-refractivity contribution in [3.63, 3.8) is 0 Å². The Balaban J connectivity index is 1.69. The van der Waals surface area contributed by atoms with Gasteiger partial charge in [-0.15, -0.1) is 0 Å². The van der Waals surface area contributed by atoms with Gasteiger partial charge in [-0.3, -0.25) is 14.6 Å². The molecule has 22 heavy (non-hydrogen) atoms. The maximum absolute atomic E-state index is 12.8. The first-order valence-electron chi connectivity index (χ1n) is 7.85. The fourth-order valence-corrected chi connectivity index (χ4v) is 3.56. The predicted molar refractivity (Wildman–Crippen MR) is 81.8 cm³/mol. The molecule has 0 aromatic carbocycles. The Morgan fingerprint density at radius 3 is 2.77 bits per heavy atom. The summed E-state index contributed by atoms with van der Waals surface area (Å²) in [5.74, 6) is -0.865. The zero-order chi connectivity index (χ0) is 15.5. The quantitative estimate of drug-likeness (QED) is 0.728. The van der Waals surface area contributed by atoms with E-state index in [2.05, 4.69) is 15.6 Å². The number of nitrogens with one attached hydrogen (secondary N) is 2. The molecule has 0 saturated carbocycles. The van der Waals surface area contributed by atoms with Crippen LogP contribution in [0.4, 0.5) is 0 Å². The summed E-state index contributed by atoms with van der Waals surface area (Å²) in [7, 11) is 0. The summed E-state index contributed by atoms with van der Waals surface area (Å²) in [5, 5.41) is 6.54. The highest BCUT2D eigenvalue weighted by molar-refractivity contribution is 5.90. The number of nitrogens with two attached hydrogens (primary N) is 1. The van der Waals surface area contributed by atoms with Crippen molar-refractivity contribution in [3.05, 3.63) is 30.1 Å². The van der Waals surface area contributed by atoms with Crippen molar-refractivity contribution < 1.29 is 9.59 Å². The van der Waals surface area contributed by atoms with Gasteiger partial charge in [0.25, 0.3) is 0 Å². The lowest BCUT2D eigenvalue weighted by Crippen LogP contribution is -2.41. The van der Waals surface area contributed by atoms with Gasteiger partial charge in [-0.25, -0.2) is 0 Å². The second-order valence-electron chi connectivity index (χ2n) is 6.16. The van der Waals surface area contributed by atoms with E-state index in [1.54, 1.807) is 6.20 Å². The summed E-state index contributed by atoms with van der Waals surface area (Å²) in [4.78, 5) is 28.7. The Morgan fingerprint density at radius 2 is 2.05 bits per heavy atom. The minimum Gasteiger partial charge on any atom is -0.369 e. The van der Waals surface area contributed by atoms with Crippen LogP contribution < -0.4 is 16.4 Å². The molecule has 1 aromatic rings. The molecule has 118 valence electrons. The highest BCUT2D eigenvalue weighted by Crippen LogP contribution is 2.31. The van der Waals surface area contributed by atoms with E-state index in [0.29, 0.717) is 13.1 Å². The third-order valence-corrected chi connectivity index (χ3v) is 4.80. The normalized spacial score (nSPS) is 31.8. The molecule has 0 radical (unpaired) electrons. The van der Waals surface area contributed by atoms with Crippen molar-refractivity contribution in [3.8, 4) is 0 Å². The summed E-state index contributed by atoms with van der Waals surface area (Å²) in [6.45, 7) is 1.87. The second kappa shape index (κ2) is 6.54. The van der Waals surface area contributed by atoms with E-state index in [-0.39, 0.29) is 35.5 Å². The lowest BCUT2D eigenvalue weighted by atomic mass is 9.79. The number of piperidine rings is 1. The van der Waals surface area contributed by atoms with Gasteiger partial charge in [0.1, 0.15) is 5.78 Å². The number of primary amides is 1. The van der Waals surface area contributed by atoms with Crippen LogP contribution in [0, 0.1) is 17.8 Å². The summed E-state index contributed by atoms with van der Waals surface area (Å²) >= 11 is 0. The fourth-order valence-electron chi connectivity index (χ4n) is 3.56. The summed E-state index contributed by atoms with van der Waals surface area (Å²) in [5.41, 5.74) is 6.39. The molecular weight excluding hydrogens is 280 g/mol. The van der Waals surface area contributed by atoms with E-state index >= 15 is 0 Å². The summed E-state index contributed by atoms with van der Waals surface area (Å²) in [6.07, 6.45) is 3.31. The standard InChI is InChI=1S/C16H22N4O2/c17-16(22)12-9-18-8-11(12)15(21)10-4-6-20-14(7-10)13-3-1-2-5-19-13/h1-3,5,10-12,14,18,20H,4,6-9H2,(H2,17,22). The van der Waals surface area contributed by atoms with Crippen molar-refractivity contribution in [1.82, 2.24) is 15.6 Å². The van der Waals surface area contributed by atoms with Gasteiger partial charge in [0.05, 0.1) is 17.7 Å². The van der Waals surface area contributed by atoms with Crippen LogP contribution in [0.3, 0.4) is 0 Å². The molecule has 0 spiro atoms. The van der Waals surface area contributed by atoms with Gasteiger partial charge >= 0.3 is 0 Å². The summed E-state index contributed by atoms with van der Waals surface area (Å²) in [6, 6.07) is 5.93. The molecule has 1 amide bonds. The molecule has 0 bridgehead atoms. The largest absolute Gasteiger partial charge is 0.369 e. The van der Waals surface area contributed by atoms with E-state index in [4.69, 9.17) is 5.73 Å². The van der Waals surface area contributed by atoms with E-state index < -0.39 is 0 Å². The lowest BCUT2D eigenvalue weighted by molar-refractivity contribution is -0.133. The average molecular weight is 302 g/mol. The Kier molecular flexibility index (Phi) is 4.49. The molecule has 4 N–H and O–H groups in total. The van der Waals surface area contributed by atoms with Crippen molar-refractivity contribution >= 4 is 11.7 Å². The van der Waals surface area contributed by atoms with Gasteiger partial charge in [0.2, 0.25) is 5.91 Å². The molecule has 6 nitrogen and oxygen atoms in total. The predicted octanol–water partition coefficient (Wildman–Crippen LogP) is 0.0123. The third kappa shape index (κ3) is 3.03. The SMILES string of the molecule is NC(=O)C1CNCC1C(=O)C1CCNC(c2ccccn2)C1. The number of hydrogen-bond donors (Lipinski definition) is 3. The molecule has 2 aliphatic heterocycles. The minimum absolute atomic E-state index is 0.0278. The van der Waals surface area contributed by atoms with E-state index in [1.807, 2.05) is 18.2 Å². The molecule has 3 rings (SSSR count). The van der Waals surface area contributed by atoms with Crippen LogP contribution in [-0.4, -0.2) is 36.3 Å². The molecule has 3 heterocycles. The molecule has 0 aliphatic carbocycles. The molecule has 1 aromatic heterocycles. The van der Waals surface area contributed by atoms with Crippen LogP contribution in [0.25, 0.3) is 0 Å². The van der Waals surface area contributed by atoms with Crippen molar-refractivity contribution in [1.29, 1.82) is 0 Å². The highest BCUT2D eigenvalue weighted by atomic mass is 16.1. The number of Topliss-reactive ketones (excluding diaryl/α,β-unsaturated/α-hetero) is 1. The van der Waals surface area contributed by atoms with E-state index in [1.165, 1.54) is 0 Å².